The maximum absolute atomic E-state index is 14.9. The molecule has 0 amide bonds. The van der Waals surface area contributed by atoms with Gasteiger partial charge in [-0.3, -0.25) is 0 Å². The average molecular weight is 617 g/mol. The molecule has 242 valence electrons. The van der Waals surface area contributed by atoms with E-state index >= 15 is 0 Å². The normalized spacial score (nSPS) is 25.9. The molecule has 0 bridgehead atoms. The molecule has 7 heteroatoms. The first-order valence-corrected chi connectivity index (χ1v) is 16.9. The Hall–Kier alpha value is -2.54. The molecular weight excluding hydrogens is 568 g/mol. The van der Waals surface area contributed by atoms with Crippen molar-refractivity contribution in [2.75, 3.05) is 19.8 Å². The van der Waals surface area contributed by atoms with Crippen molar-refractivity contribution in [2.24, 2.45) is 17.8 Å². The van der Waals surface area contributed by atoms with Crippen molar-refractivity contribution in [1.82, 2.24) is 0 Å². The van der Waals surface area contributed by atoms with Crippen LogP contribution >= 0.6 is 0 Å². The zero-order valence-electron chi connectivity index (χ0n) is 26.3. The van der Waals surface area contributed by atoms with Crippen LogP contribution in [0.2, 0.25) is 0 Å². The fourth-order valence-electron chi connectivity index (χ4n) is 7.51. The molecule has 1 unspecified atom stereocenters. The minimum absolute atomic E-state index is 0.0113. The van der Waals surface area contributed by atoms with Crippen LogP contribution < -0.4 is 9.47 Å². The largest absolute Gasteiger partial charge is 0.491 e. The third-order valence-corrected chi connectivity index (χ3v) is 10.2. The topological polar surface area (TPSA) is 27.7 Å². The van der Waals surface area contributed by atoms with E-state index in [2.05, 4.69) is 6.08 Å². The van der Waals surface area contributed by atoms with E-state index in [1.54, 1.807) is 25.1 Å². The first kappa shape index (κ1) is 32.8. The molecule has 2 aromatic carbocycles. The molecule has 0 saturated heterocycles. The molecule has 0 heterocycles. The number of benzene rings is 2. The minimum Gasteiger partial charge on any atom is -0.491 e. The lowest BCUT2D eigenvalue weighted by Crippen LogP contribution is -2.29. The standard InChI is InChI=1S/C37H48F4O3/c1-3-5-22-43-33-21-19-30(35(39)37(33)41)27-8-6-24(7-9-27)23-44-29-16-14-26(15-17-29)25-10-12-28(13-11-25)31-18-20-32(42-4-2)36(40)34(31)38/h12,18-21,24-27,29H,3-11,13-17,22-23H2,1-2H3. The molecule has 0 spiro atoms. The molecule has 2 saturated carbocycles. The van der Waals surface area contributed by atoms with E-state index in [1.807, 2.05) is 6.92 Å². The highest BCUT2D eigenvalue weighted by molar-refractivity contribution is 5.67. The Bertz CT molecular complexity index is 1260. The molecule has 3 aliphatic carbocycles. The third-order valence-electron chi connectivity index (χ3n) is 10.2. The van der Waals surface area contributed by atoms with Gasteiger partial charge in [0.15, 0.2) is 23.1 Å². The summed E-state index contributed by atoms with van der Waals surface area (Å²) < 4.78 is 75.5. The van der Waals surface area contributed by atoms with Crippen LogP contribution in [0, 0.1) is 41.0 Å². The highest BCUT2D eigenvalue weighted by atomic mass is 19.2. The third kappa shape index (κ3) is 7.81. The second kappa shape index (κ2) is 15.6. The van der Waals surface area contributed by atoms with Crippen LogP contribution in [0.15, 0.2) is 30.3 Å². The number of hydrogen-bond donors (Lipinski definition) is 0. The Morgan fingerprint density at radius 1 is 0.705 bits per heavy atom. The van der Waals surface area contributed by atoms with Gasteiger partial charge in [-0.05, 0) is 137 Å². The van der Waals surface area contributed by atoms with Crippen molar-refractivity contribution in [2.45, 2.75) is 109 Å². The van der Waals surface area contributed by atoms with Gasteiger partial charge >= 0.3 is 0 Å². The van der Waals surface area contributed by atoms with Gasteiger partial charge in [-0.25, -0.2) is 8.78 Å². The van der Waals surface area contributed by atoms with Crippen LogP contribution in [-0.2, 0) is 4.74 Å². The van der Waals surface area contributed by atoms with Crippen molar-refractivity contribution < 1.29 is 31.8 Å². The fraction of sp³-hybridized carbons (Fsp3) is 0.622. The van der Waals surface area contributed by atoms with Gasteiger partial charge in [0, 0.05) is 12.2 Å². The highest BCUT2D eigenvalue weighted by Gasteiger charge is 2.31. The Labute approximate surface area is 260 Å². The summed E-state index contributed by atoms with van der Waals surface area (Å²) in [5.74, 6) is -1.63. The smallest absolute Gasteiger partial charge is 0.201 e. The number of unbranched alkanes of at least 4 members (excludes halogenated alkanes) is 1. The fourth-order valence-corrected chi connectivity index (χ4v) is 7.51. The molecule has 0 aromatic heterocycles. The molecule has 3 nitrogen and oxygen atoms in total. The maximum Gasteiger partial charge on any atom is 0.201 e. The summed E-state index contributed by atoms with van der Waals surface area (Å²) in [6.45, 7) is 5.22. The Morgan fingerprint density at radius 2 is 1.41 bits per heavy atom. The maximum atomic E-state index is 14.9. The molecule has 44 heavy (non-hydrogen) atoms. The SMILES string of the molecule is CCCCOc1ccc(C2CCC(COC3CCC(C4CC=C(c5ccc(OCC)c(F)c5F)CC4)CC3)CC2)c(F)c1F. The average Bonchev–Trinajstić information content (AvgIpc) is 3.05. The number of ether oxygens (including phenoxy) is 3. The van der Waals surface area contributed by atoms with Gasteiger partial charge in [-0.1, -0.05) is 25.5 Å². The van der Waals surface area contributed by atoms with Crippen LogP contribution in [0.1, 0.15) is 114 Å². The highest BCUT2D eigenvalue weighted by Crippen LogP contribution is 2.43. The van der Waals surface area contributed by atoms with Gasteiger partial charge in [0.1, 0.15) is 0 Å². The molecule has 0 radical (unpaired) electrons. The number of rotatable bonds is 12. The van der Waals surface area contributed by atoms with E-state index in [0.29, 0.717) is 42.1 Å². The second-order valence-electron chi connectivity index (χ2n) is 13.0. The van der Waals surface area contributed by atoms with Crippen molar-refractivity contribution in [3.05, 3.63) is 64.7 Å². The molecule has 3 aliphatic rings. The first-order chi connectivity index (χ1) is 21.4. The predicted molar refractivity (Wildman–Crippen MR) is 166 cm³/mol. The van der Waals surface area contributed by atoms with E-state index in [9.17, 15) is 17.6 Å². The first-order valence-electron chi connectivity index (χ1n) is 16.9. The lowest BCUT2D eigenvalue weighted by atomic mass is 9.72. The van der Waals surface area contributed by atoms with Crippen LogP contribution in [0.4, 0.5) is 17.6 Å². The molecule has 0 aliphatic heterocycles. The zero-order chi connectivity index (χ0) is 31.1. The van der Waals surface area contributed by atoms with Crippen molar-refractivity contribution in [3.8, 4) is 11.5 Å². The van der Waals surface area contributed by atoms with Gasteiger partial charge < -0.3 is 14.2 Å². The van der Waals surface area contributed by atoms with Gasteiger partial charge in [0.25, 0.3) is 0 Å². The Balaban J connectivity index is 1.03. The quantitative estimate of drug-likeness (QED) is 0.175. The van der Waals surface area contributed by atoms with Gasteiger partial charge in [0.05, 0.1) is 19.3 Å². The van der Waals surface area contributed by atoms with E-state index in [0.717, 1.165) is 95.7 Å². The summed E-state index contributed by atoms with van der Waals surface area (Å²) >= 11 is 0. The van der Waals surface area contributed by atoms with Crippen molar-refractivity contribution >= 4 is 5.57 Å². The van der Waals surface area contributed by atoms with Crippen molar-refractivity contribution in [3.63, 3.8) is 0 Å². The van der Waals surface area contributed by atoms with Crippen LogP contribution in [0.25, 0.3) is 5.57 Å². The van der Waals surface area contributed by atoms with Gasteiger partial charge in [0.2, 0.25) is 11.6 Å². The summed E-state index contributed by atoms with van der Waals surface area (Å²) in [5.41, 5.74) is 1.73. The lowest BCUT2D eigenvalue weighted by Gasteiger charge is -2.36. The molecule has 0 N–H and O–H groups in total. The minimum atomic E-state index is -0.902. The summed E-state index contributed by atoms with van der Waals surface area (Å²) in [6, 6.07) is 6.47. The molecule has 2 aromatic rings. The van der Waals surface area contributed by atoms with Gasteiger partial charge in [-0.2, -0.15) is 8.78 Å². The second-order valence-corrected chi connectivity index (χ2v) is 13.0. The molecule has 1 atom stereocenters. The summed E-state index contributed by atoms with van der Waals surface area (Å²) in [5, 5.41) is 0. The molecular formula is C37H48F4O3. The van der Waals surface area contributed by atoms with Crippen LogP contribution in [0.3, 0.4) is 0 Å². The number of hydrogen-bond acceptors (Lipinski definition) is 3. The van der Waals surface area contributed by atoms with Gasteiger partial charge in [-0.15, -0.1) is 0 Å². The number of allylic oxidation sites excluding steroid dienone is 2. The molecule has 2 fully saturated rings. The van der Waals surface area contributed by atoms with E-state index in [-0.39, 0.29) is 23.5 Å². The Morgan fingerprint density at radius 3 is 2.09 bits per heavy atom. The number of halogens is 4. The van der Waals surface area contributed by atoms with E-state index in [4.69, 9.17) is 14.2 Å². The summed E-state index contributed by atoms with van der Waals surface area (Å²) in [7, 11) is 0. The summed E-state index contributed by atoms with van der Waals surface area (Å²) in [4.78, 5) is 0. The van der Waals surface area contributed by atoms with Crippen LogP contribution in [0.5, 0.6) is 11.5 Å². The predicted octanol–water partition coefficient (Wildman–Crippen LogP) is 10.6. The zero-order valence-corrected chi connectivity index (χ0v) is 26.3. The van der Waals surface area contributed by atoms with E-state index < -0.39 is 23.3 Å². The monoisotopic (exact) mass is 616 g/mol. The summed E-state index contributed by atoms with van der Waals surface area (Å²) in [6.07, 6.45) is 14.8. The lowest BCUT2D eigenvalue weighted by molar-refractivity contribution is -0.0132. The van der Waals surface area contributed by atoms with Crippen LogP contribution in [-0.4, -0.2) is 25.9 Å². The Kier molecular flexibility index (Phi) is 11.7. The van der Waals surface area contributed by atoms with E-state index in [1.165, 1.54) is 6.07 Å². The molecule has 5 rings (SSSR count). The van der Waals surface area contributed by atoms with Crippen molar-refractivity contribution in [1.29, 1.82) is 0 Å².